The Labute approximate surface area is 137 Å². The lowest BCUT2D eigenvalue weighted by atomic mass is 9.79. The van der Waals surface area contributed by atoms with Gasteiger partial charge in [0.15, 0.2) is 0 Å². The monoisotopic (exact) mass is 307 g/mol. The predicted molar refractivity (Wildman–Crippen MR) is 97.8 cm³/mol. The van der Waals surface area contributed by atoms with Gasteiger partial charge in [-0.15, -0.1) is 0 Å². The van der Waals surface area contributed by atoms with E-state index in [1.165, 1.54) is 29.5 Å². The van der Waals surface area contributed by atoms with Gasteiger partial charge in [0.25, 0.3) is 0 Å². The van der Waals surface area contributed by atoms with E-state index < -0.39 is 5.60 Å². The molecular formula is C20H37NO. The van der Waals surface area contributed by atoms with Gasteiger partial charge in [0, 0.05) is 0 Å². The molecule has 0 saturated heterocycles. The molecule has 0 aromatic heterocycles. The quantitative estimate of drug-likeness (QED) is 0.551. The van der Waals surface area contributed by atoms with Crippen molar-refractivity contribution in [2.45, 2.75) is 91.1 Å². The summed E-state index contributed by atoms with van der Waals surface area (Å²) in [5, 5.41) is 11.3. The number of hydrogen-bond donors (Lipinski definition) is 2. The van der Waals surface area contributed by atoms with Crippen molar-refractivity contribution in [1.29, 1.82) is 0 Å². The Kier molecular flexibility index (Phi) is 10.4. The van der Waals surface area contributed by atoms with Gasteiger partial charge in [-0.25, -0.2) is 0 Å². The summed E-state index contributed by atoms with van der Waals surface area (Å²) in [6.45, 7) is 8.83. The van der Waals surface area contributed by atoms with Crippen LogP contribution in [0.15, 0.2) is 18.2 Å². The van der Waals surface area contributed by atoms with Crippen LogP contribution in [0.25, 0.3) is 0 Å². The van der Waals surface area contributed by atoms with Gasteiger partial charge in [0.2, 0.25) is 0 Å². The summed E-state index contributed by atoms with van der Waals surface area (Å²) < 4.78 is 0. The summed E-state index contributed by atoms with van der Waals surface area (Å²) in [4.78, 5) is 0. The van der Waals surface area contributed by atoms with Crippen molar-refractivity contribution in [1.82, 2.24) is 6.15 Å². The third kappa shape index (κ3) is 5.73. The summed E-state index contributed by atoms with van der Waals surface area (Å²) in [7, 11) is 0. The van der Waals surface area contributed by atoms with Crippen LogP contribution in [0.3, 0.4) is 0 Å². The molecule has 0 aliphatic carbocycles. The van der Waals surface area contributed by atoms with Crippen LogP contribution in [0.5, 0.6) is 0 Å². The van der Waals surface area contributed by atoms with Crippen molar-refractivity contribution in [2.24, 2.45) is 0 Å². The molecular weight excluding hydrogens is 270 g/mol. The van der Waals surface area contributed by atoms with E-state index in [0.717, 1.165) is 44.9 Å². The first-order valence-corrected chi connectivity index (χ1v) is 8.90. The Morgan fingerprint density at radius 3 is 1.95 bits per heavy atom. The molecule has 128 valence electrons. The van der Waals surface area contributed by atoms with Gasteiger partial charge < -0.3 is 11.3 Å². The van der Waals surface area contributed by atoms with Gasteiger partial charge in [-0.2, -0.15) is 0 Å². The summed E-state index contributed by atoms with van der Waals surface area (Å²) in [5.74, 6) is 0. The Hall–Kier alpha value is -0.860. The normalized spacial score (nSPS) is 11.3. The topological polar surface area (TPSA) is 55.2 Å². The number of aryl methyl sites for hydroxylation is 1. The summed E-state index contributed by atoms with van der Waals surface area (Å²) in [6.07, 6.45) is 9.78. The van der Waals surface area contributed by atoms with Gasteiger partial charge in [-0.1, -0.05) is 71.1 Å². The summed E-state index contributed by atoms with van der Waals surface area (Å²) in [6, 6.07) is 6.47. The molecule has 4 N–H and O–H groups in total. The lowest BCUT2D eigenvalue weighted by Gasteiger charge is -2.32. The smallest absolute Gasteiger partial charge is 0.0899 e. The van der Waals surface area contributed by atoms with Crippen LogP contribution >= 0.6 is 0 Å². The van der Waals surface area contributed by atoms with Gasteiger partial charge in [-0.3, -0.25) is 0 Å². The molecule has 0 amide bonds. The minimum absolute atomic E-state index is 0. The molecule has 22 heavy (non-hydrogen) atoms. The minimum atomic E-state index is -0.624. The Balaban J connectivity index is 0.00000441. The fraction of sp³-hybridized carbons (Fsp3) is 0.700. The Bertz CT molecular complexity index is 406. The number of aliphatic hydroxyl groups is 1. The molecule has 0 aliphatic heterocycles. The highest BCUT2D eigenvalue weighted by molar-refractivity contribution is 5.38. The third-order valence-electron chi connectivity index (χ3n) is 4.58. The van der Waals surface area contributed by atoms with Crippen LogP contribution in [0.1, 0.15) is 88.8 Å². The largest absolute Gasteiger partial charge is 0.385 e. The Morgan fingerprint density at radius 1 is 0.909 bits per heavy atom. The molecule has 2 nitrogen and oxygen atoms in total. The van der Waals surface area contributed by atoms with Crippen LogP contribution in [-0.2, 0) is 12.0 Å². The fourth-order valence-corrected chi connectivity index (χ4v) is 3.16. The predicted octanol–water partition coefficient (Wildman–Crippen LogP) is 6.07. The van der Waals surface area contributed by atoms with E-state index in [2.05, 4.69) is 45.9 Å². The first-order valence-electron chi connectivity index (χ1n) is 8.90. The molecule has 0 heterocycles. The first-order chi connectivity index (χ1) is 10.1. The maximum atomic E-state index is 11.3. The maximum Gasteiger partial charge on any atom is 0.0899 e. The molecule has 1 rings (SSSR count). The van der Waals surface area contributed by atoms with Crippen molar-refractivity contribution in [3.63, 3.8) is 0 Å². The lowest BCUT2D eigenvalue weighted by Crippen LogP contribution is -2.27. The molecule has 0 spiro atoms. The number of hydrogen-bond acceptors (Lipinski definition) is 2. The molecule has 1 aromatic rings. The van der Waals surface area contributed by atoms with Crippen LogP contribution in [0.2, 0.25) is 0 Å². The minimum Gasteiger partial charge on any atom is -0.385 e. The van der Waals surface area contributed by atoms with E-state index in [9.17, 15) is 5.11 Å². The molecule has 0 radical (unpaired) electrons. The average molecular weight is 308 g/mol. The van der Waals surface area contributed by atoms with Crippen LogP contribution < -0.4 is 6.15 Å². The van der Waals surface area contributed by atoms with E-state index in [-0.39, 0.29) is 6.15 Å². The zero-order valence-electron chi connectivity index (χ0n) is 15.3. The number of rotatable bonds is 10. The average Bonchev–Trinajstić information content (AvgIpc) is 2.49. The van der Waals surface area contributed by atoms with Crippen molar-refractivity contribution >= 4 is 0 Å². The van der Waals surface area contributed by atoms with Gasteiger partial charge in [0.05, 0.1) is 5.60 Å². The SMILES string of the molecule is CCCCc1c(C)cccc1C(O)(CCCC)CCCC.N. The van der Waals surface area contributed by atoms with Crippen molar-refractivity contribution < 1.29 is 5.11 Å². The zero-order valence-corrected chi connectivity index (χ0v) is 15.3. The second-order valence-corrected chi connectivity index (χ2v) is 6.44. The van der Waals surface area contributed by atoms with Crippen molar-refractivity contribution in [3.8, 4) is 0 Å². The van der Waals surface area contributed by atoms with Crippen molar-refractivity contribution in [3.05, 3.63) is 34.9 Å². The molecule has 2 heteroatoms. The number of unbranched alkanes of at least 4 members (excludes halogenated alkanes) is 3. The van der Waals surface area contributed by atoms with Gasteiger partial charge >= 0.3 is 0 Å². The first kappa shape index (κ1) is 21.1. The number of benzene rings is 1. The molecule has 0 unspecified atom stereocenters. The van der Waals surface area contributed by atoms with Crippen LogP contribution in [0, 0.1) is 6.92 Å². The van der Waals surface area contributed by atoms with E-state index in [1.807, 2.05) is 0 Å². The maximum absolute atomic E-state index is 11.3. The Morgan fingerprint density at radius 2 is 1.45 bits per heavy atom. The van der Waals surface area contributed by atoms with E-state index in [1.54, 1.807) is 0 Å². The van der Waals surface area contributed by atoms with Gasteiger partial charge in [-0.05, 0) is 49.3 Å². The zero-order chi connectivity index (χ0) is 15.7. The molecule has 0 aliphatic rings. The van der Waals surface area contributed by atoms with E-state index in [0.29, 0.717) is 0 Å². The lowest BCUT2D eigenvalue weighted by molar-refractivity contribution is 0.0132. The summed E-state index contributed by atoms with van der Waals surface area (Å²) >= 11 is 0. The highest BCUT2D eigenvalue weighted by atomic mass is 16.3. The van der Waals surface area contributed by atoms with Crippen LogP contribution in [0.4, 0.5) is 0 Å². The molecule has 1 aromatic carbocycles. The molecule has 0 fully saturated rings. The highest BCUT2D eigenvalue weighted by Crippen LogP contribution is 2.36. The van der Waals surface area contributed by atoms with Crippen molar-refractivity contribution in [2.75, 3.05) is 0 Å². The summed E-state index contributed by atoms with van der Waals surface area (Å²) in [5.41, 5.74) is 3.32. The van der Waals surface area contributed by atoms with E-state index >= 15 is 0 Å². The third-order valence-corrected chi connectivity index (χ3v) is 4.58. The van der Waals surface area contributed by atoms with Crippen LogP contribution in [-0.4, -0.2) is 5.11 Å². The molecule has 0 bridgehead atoms. The second kappa shape index (κ2) is 10.8. The molecule has 0 atom stereocenters. The second-order valence-electron chi connectivity index (χ2n) is 6.44. The highest BCUT2D eigenvalue weighted by Gasteiger charge is 2.30. The standard InChI is InChI=1S/C20H34O.H3N/c1-5-8-13-18-17(4)12-11-14-19(18)20(21,15-9-6-2)16-10-7-3;/h11-12,14,21H,5-10,13,15-16H2,1-4H3;1H3. The fourth-order valence-electron chi connectivity index (χ4n) is 3.16. The molecule has 0 saturated carbocycles. The van der Waals surface area contributed by atoms with E-state index in [4.69, 9.17) is 0 Å². The van der Waals surface area contributed by atoms with Gasteiger partial charge in [0.1, 0.15) is 0 Å².